The summed E-state index contributed by atoms with van der Waals surface area (Å²) < 4.78 is 18.0. The van der Waals surface area contributed by atoms with Crippen LogP contribution >= 0.6 is 34.8 Å². The molecule has 0 saturated carbocycles. The fraction of sp³-hybridized carbons (Fsp3) is 0.232. The van der Waals surface area contributed by atoms with Crippen molar-refractivity contribution < 1.29 is 28.5 Å². The number of nitrogens with zero attached hydrogens (tertiary/aromatic N) is 5. The van der Waals surface area contributed by atoms with Crippen molar-refractivity contribution in [3.63, 3.8) is 0 Å². The molecular weight excluding hydrogens is 991 g/mol. The Bertz CT molecular complexity index is 3250. The summed E-state index contributed by atoms with van der Waals surface area (Å²) >= 11 is 19.4. The predicted octanol–water partition coefficient (Wildman–Crippen LogP) is 11.1. The number of halogens is 3. The van der Waals surface area contributed by atoms with E-state index in [9.17, 15) is 23.4 Å². The van der Waals surface area contributed by atoms with Crippen molar-refractivity contribution in [2.45, 2.75) is 70.5 Å². The van der Waals surface area contributed by atoms with Gasteiger partial charge in [-0.15, -0.1) is 0 Å². The molecule has 0 spiro atoms. The second-order valence-corrected chi connectivity index (χ2v) is 20.5. The largest absolute Gasteiger partial charge is 0.481 e. The minimum Gasteiger partial charge on any atom is -0.481 e. The lowest BCUT2D eigenvalue weighted by molar-refractivity contribution is -0.136. The smallest absolute Gasteiger partial charge is 0.307 e. The van der Waals surface area contributed by atoms with Gasteiger partial charge in [0.1, 0.15) is 0 Å². The van der Waals surface area contributed by atoms with Gasteiger partial charge in [-0.05, 0) is 119 Å². The lowest BCUT2D eigenvalue weighted by atomic mass is 9.98. The summed E-state index contributed by atoms with van der Waals surface area (Å²) in [6.45, 7) is 6.68. The van der Waals surface area contributed by atoms with E-state index < -0.39 is 22.9 Å². The van der Waals surface area contributed by atoms with Crippen LogP contribution in [0.15, 0.2) is 132 Å². The van der Waals surface area contributed by atoms with E-state index in [1.165, 1.54) is 10.7 Å². The first-order valence-electron chi connectivity index (χ1n) is 23.7. The van der Waals surface area contributed by atoms with Gasteiger partial charge in [0.05, 0.1) is 43.3 Å². The number of anilines is 1. The van der Waals surface area contributed by atoms with Crippen LogP contribution < -0.4 is 9.62 Å². The van der Waals surface area contributed by atoms with Gasteiger partial charge in [-0.25, -0.2) is 8.89 Å². The number of amides is 3. The molecule has 1 aromatic heterocycles. The van der Waals surface area contributed by atoms with Crippen molar-refractivity contribution in [1.29, 1.82) is 0 Å². The topological polar surface area (TPSA) is 145 Å². The zero-order valence-corrected chi connectivity index (χ0v) is 42.8. The number of nitrogens with one attached hydrogen (secondary N) is 1. The summed E-state index contributed by atoms with van der Waals surface area (Å²) in [5, 5.41) is 15.1. The van der Waals surface area contributed by atoms with Crippen LogP contribution in [0, 0.1) is 6.92 Å². The van der Waals surface area contributed by atoms with Gasteiger partial charge in [0.15, 0.2) is 16.7 Å². The molecule has 7 aromatic rings. The van der Waals surface area contributed by atoms with Crippen molar-refractivity contribution in [3.05, 3.63) is 198 Å². The van der Waals surface area contributed by atoms with Crippen LogP contribution in [-0.4, -0.2) is 72.2 Å². The molecule has 3 amide bonds. The third kappa shape index (κ3) is 11.0. The van der Waals surface area contributed by atoms with Crippen LogP contribution in [0.1, 0.15) is 90.0 Å². The molecule has 368 valence electrons. The minimum atomic E-state index is -1.93. The van der Waals surface area contributed by atoms with Crippen molar-refractivity contribution in [2.75, 3.05) is 24.5 Å². The van der Waals surface area contributed by atoms with Crippen LogP contribution in [0.3, 0.4) is 0 Å². The van der Waals surface area contributed by atoms with Gasteiger partial charge in [-0.2, -0.15) is 5.10 Å². The van der Waals surface area contributed by atoms with Gasteiger partial charge >= 0.3 is 5.97 Å². The van der Waals surface area contributed by atoms with Crippen molar-refractivity contribution in [3.8, 4) is 16.8 Å². The number of unbranched alkanes of at least 4 members (excludes halogenated alkanes) is 1. The molecule has 0 bridgehead atoms. The molecule has 9 rings (SSSR count). The minimum absolute atomic E-state index is 0.0256. The summed E-state index contributed by atoms with van der Waals surface area (Å²) in [6, 6.07) is 39.0. The van der Waals surface area contributed by atoms with Crippen LogP contribution in [0.4, 0.5) is 5.69 Å². The maximum atomic E-state index is 14.8. The van der Waals surface area contributed by atoms with E-state index >= 15 is 0 Å². The Kier molecular flexibility index (Phi) is 15.3. The first kappa shape index (κ1) is 50.2. The molecule has 0 saturated heterocycles. The summed E-state index contributed by atoms with van der Waals surface area (Å²) in [5.41, 5.74) is 9.75. The fourth-order valence-corrected chi connectivity index (χ4v) is 10.6. The average Bonchev–Trinajstić information content (AvgIpc) is 3.93. The Labute approximate surface area is 435 Å². The second kappa shape index (κ2) is 21.9. The number of carboxylic acid groups (broad SMARTS) is 1. The molecule has 0 aliphatic carbocycles. The molecule has 72 heavy (non-hydrogen) atoms. The Morgan fingerprint density at radius 2 is 1.43 bits per heavy atom. The van der Waals surface area contributed by atoms with Gasteiger partial charge in [-0.1, -0.05) is 127 Å². The Morgan fingerprint density at radius 3 is 2.14 bits per heavy atom. The van der Waals surface area contributed by atoms with Crippen molar-refractivity contribution in [1.82, 2.24) is 24.3 Å². The van der Waals surface area contributed by atoms with Crippen LogP contribution in [0.25, 0.3) is 16.8 Å². The summed E-state index contributed by atoms with van der Waals surface area (Å²) in [4.78, 5) is 60.6. The maximum Gasteiger partial charge on any atom is 0.307 e. The first-order chi connectivity index (χ1) is 34.7. The van der Waals surface area contributed by atoms with Gasteiger partial charge in [0.2, 0.25) is 0 Å². The number of aromatic nitrogens is 2. The summed E-state index contributed by atoms with van der Waals surface area (Å²) in [5.74, 6) is -2.25. The van der Waals surface area contributed by atoms with E-state index in [1.54, 1.807) is 53.1 Å². The van der Waals surface area contributed by atoms with E-state index in [1.807, 2.05) is 78.9 Å². The van der Waals surface area contributed by atoms with E-state index in [2.05, 4.69) is 22.6 Å². The van der Waals surface area contributed by atoms with Crippen molar-refractivity contribution >= 4 is 75.2 Å². The van der Waals surface area contributed by atoms with Crippen molar-refractivity contribution in [2.24, 2.45) is 0 Å². The molecule has 2 aliphatic rings. The number of hydrogen-bond donors (Lipinski definition) is 2. The van der Waals surface area contributed by atoms with Crippen LogP contribution in [0.5, 0.6) is 0 Å². The quantitative estimate of drug-likeness (QED) is 0.0973. The molecule has 1 unspecified atom stereocenters. The number of carboxylic acids is 1. The Balaban J connectivity index is 0.970. The standard InChI is InChI=1S/C56H51Cl3N6O6S/c1-3-4-25-63(32-37-11-16-41(17-12-37)40-14-9-36(10-15-40)29-51(66)67)56(70)53-52(59)35(2)65(60-53)50-21-18-43(31-46(50)55(69)64-27-23-39-7-5-6-8-44(39)34-64)54(68)61-72(71)45-19-22-49-42(30-45)24-26-62(49)33-38-13-20-47(57)48(58)28-38/h5-22,28,30-31H,3-4,23-27,29,32-34H2,1-2H3,(H,61,68)(H,66,67). The Hall–Kier alpha value is -6.77. The third-order valence-corrected chi connectivity index (χ3v) is 15.5. The molecule has 12 nitrogen and oxygen atoms in total. The number of carbonyl (C=O) groups is 4. The van der Waals surface area contributed by atoms with E-state index in [-0.39, 0.29) is 46.6 Å². The summed E-state index contributed by atoms with van der Waals surface area (Å²) in [7, 11) is -1.93. The Morgan fingerprint density at radius 1 is 0.750 bits per heavy atom. The monoisotopic (exact) mass is 1040 g/mol. The molecule has 0 radical (unpaired) electrons. The molecule has 1 atom stereocenters. The van der Waals surface area contributed by atoms with Gasteiger partial charge in [0, 0.05) is 50.5 Å². The van der Waals surface area contributed by atoms with Gasteiger partial charge in [-0.3, -0.25) is 23.9 Å². The van der Waals surface area contributed by atoms with Crippen LogP contribution in [-0.2, 0) is 54.7 Å². The number of fused-ring (bicyclic) bond motifs is 2. The average molecular weight is 1040 g/mol. The molecule has 0 fully saturated rings. The van der Waals surface area contributed by atoms with E-state index in [4.69, 9.17) is 45.0 Å². The molecular formula is C56H51Cl3N6O6S. The predicted molar refractivity (Wildman–Crippen MR) is 283 cm³/mol. The highest BCUT2D eigenvalue weighted by Crippen LogP contribution is 2.34. The number of hydrogen-bond acceptors (Lipinski definition) is 7. The van der Waals surface area contributed by atoms with E-state index in [0.29, 0.717) is 64.5 Å². The van der Waals surface area contributed by atoms with Gasteiger partial charge < -0.3 is 19.8 Å². The van der Waals surface area contributed by atoms with E-state index in [0.717, 1.165) is 70.4 Å². The van der Waals surface area contributed by atoms with Gasteiger partial charge in [0.25, 0.3) is 17.7 Å². The normalized spacial score (nSPS) is 13.3. The fourth-order valence-electron chi connectivity index (χ4n) is 9.28. The second-order valence-electron chi connectivity index (χ2n) is 18.1. The highest BCUT2D eigenvalue weighted by atomic mass is 35.5. The number of rotatable bonds is 16. The zero-order chi connectivity index (χ0) is 50.6. The maximum absolute atomic E-state index is 14.8. The molecule has 2 aliphatic heterocycles. The SMILES string of the molecule is CCCCN(Cc1ccc(-c2ccc(CC(=O)O)cc2)cc1)C(=O)c1nn(-c2ccc(C(=O)NS(=O)c3ccc4c(c3)CCN4Cc3ccc(Cl)c(Cl)c3)cc2C(=O)N2CCc3ccccc3C2)c(C)c1Cl. The zero-order valence-electron chi connectivity index (χ0n) is 39.7. The highest BCUT2D eigenvalue weighted by molar-refractivity contribution is 7.83. The number of aliphatic carboxylic acids is 1. The molecule has 3 heterocycles. The number of carbonyl (C=O) groups excluding carboxylic acids is 3. The highest BCUT2D eigenvalue weighted by Gasteiger charge is 2.30. The van der Waals surface area contributed by atoms with Crippen LogP contribution in [0.2, 0.25) is 15.1 Å². The molecule has 16 heteroatoms. The molecule has 2 N–H and O–H groups in total. The lowest BCUT2D eigenvalue weighted by Gasteiger charge is -2.29. The third-order valence-electron chi connectivity index (χ3n) is 13.2. The molecule has 6 aromatic carbocycles. The summed E-state index contributed by atoms with van der Waals surface area (Å²) in [6.07, 6.45) is 2.91. The first-order valence-corrected chi connectivity index (χ1v) is 26.0. The lowest BCUT2D eigenvalue weighted by Crippen LogP contribution is -2.36. The number of benzene rings is 6.